The molecule has 1 rings (SSSR count). The van der Waals surface area contributed by atoms with Crippen LogP contribution < -0.4 is 5.73 Å². The van der Waals surface area contributed by atoms with Crippen molar-refractivity contribution in [1.82, 2.24) is 0 Å². The zero-order valence-corrected chi connectivity index (χ0v) is 6.75. The van der Waals surface area contributed by atoms with Gasteiger partial charge in [0.2, 0.25) is 0 Å². The summed E-state index contributed by atoms with van der Waals surface area (Å²) in [7, 11) is 0. The molecular weight excluding hydrogens is 157 g/mol. The summed E-state index contributed by atoms with van der Waals surface area (Å²) < 4.78 is 12.7. The summed E-state index contributed by atoms with van der Waals surface area (Å²) in [5.41, 5.74) is 6.15. The van der Waals surface area contributed by atoms with E-state index in [1.807, 2.05) is 0 Å². The van der Waals surface area contributed by atoms with Crippen molar-refractivity contribution in [3.8, 4) is 0 Å². The van der Waals surface area contributed by atoms with Gasteiger partial charge < -0.3 is 10.5 Å². The number of benzene rings is 1. The molecule has 1 aromatic rings. The maximum Gasteiger partial charge on any atom is 0.146 e. The normalized spacial score (nSPS) is 12.5. The molecule has 1 unspecified atom stereocenters. The Kier molecular flexibility index (Phi) is 2.43. The number of anilines is 1. The third-order valence-electron chi connectivity index (χ3n) is 1.75. The molecule has 12 heavy (non-hydrogen) atoms. The van der Waals surface area contributed by atoms with Gasteiger partial charge in [-0.2, -0.15) is 0 Å². The largest absolute Gasteiger partial charge is 0.396 e. The van der Waals surface area contributed by atoms with Crippen molar-refractivity contribution in [2.45, 2.75) is 12.8 Å². The SMILES string of the molecule is CC(C=O)c1ccc(F)c(N)c1. The number of hydrogen-bond donors (Lipinski definition) is 1. The highest BCUT2D eigenvalue weighted by Gasteiger charge is 2.05. The summed E-state index contributed by atoms with van der Waals surface area (Å²) in [6, 6.07) is 4.31. The van der Waals surface area contributed by atoms with Gasteiger partial charge in [-0.15, -0.1) is 0 Å². The van der Waals surface area contributed by atoms with Crippen molar-refractivity contribution in [3.05, 3.63) is 29.6 Å². The molecule has 0 aromatic heterocycles. The Balaban J connectivity index is 3.04. The Morgan fingerprint density at radius 1 is 1.58 bits per heavy atom. The Morgan fingerprint density at radius 2 is 2.25 bits per heavy atom. The molecule has 0 bridgehead atoms. The Morgan fingerprint density at radius 3 is 2.75 bits per heavy atom. The molecule has 0 radical (unpaired) electrons. The Hall–Kier alpha value is -1.38. The van der Waals surface area contributed by atoms with Gasteiger partial charge in [0.15, 0.2) is 0 Å². The maximum atomic E-state index is 12.7. The van der Waals surface area contributed by atoms with Gasteiger partial charge >= 0.3 is 0 Å². The number of aldehydes is 1. The summed E-state index contributed by atoms with van der Waals surface area (Å²) in [6.07, 6.45) is 0.798. The molecule has 1 atom stereocenters. The minimum absolute atomic E-state index is 0.0844. The second kappa shape index (κ2) is 3.34. The monoisotopic (exact) mass is 167 g/mol. The number of carbonyl (C=O) groups is 1. The van der Waals surface area contributed by atoms with Crippen LogP contribution in [0, 0.1) is 5.82 Å². The molecule has 0 aliphatic heterocycles. The third kappa shape index (κ3) is 1.61. The van der Waals surface area contributed by atoms with Crippen LogP contribution in [0.25, 0.3) is 0 Å². The molecule has 0 heterocycles. The lowest BCUT2D eigenvalue weighted by atomic mass is 10.0. The van der Waals surface area contributed by atoms with Gasteiger partial charge in [0, 0.05) is 5.92 Å². The van der Waals surface area contributed by atoms with E-state index >= 15 is 0 Å². The topological polar surface area (TPSA) is 43.1 Å². The number of halogens is 1. The molecule has 0 aliphatic carbocycles. The van der Waals surface area contributed by atoms with Crippen LogP contribution in [0.4, 0.5) is 10.1 Å². The van der Waals surface area contributed by atoms with E-state index in [0.717, 1.165) is 11.8 Å². The second-order valence-corrected chi connectivity index (χ2v) is 2.71. The Labute approximate surface area is 70.2 Å². The van der Waals surface area contributed by atoms with Gasteiger partial charge in [0.05, 0.1) is 5.69 Å². The van der Waals surface area contributed by atoms with Crippen molar-refractivity contribution in [3.63, 3.8) is 0 Å². The van der Waals surface area contributed by atoms with Crippen molar-refractivity contribution >= 4 is 12.0 Å². The summed E-state index contributed by atoms with van der Waals surface area (Å²) in [5.74, 6) is -0.676. The van der Waals surface area contributed by atoms with E-state index in [0.29, 0.717) is 0 Å². The predicted molar refractivity (Wildman–Crippen MR) is 45.3 cm³/mol. The molecule has 3 heteroatoms. The second-order valence-electron chi connectivity index (χ2n) is 2.71. The first-order chi connectivity index (χ1) is 5.65. The first-order valence-electron chi connectivity index (χ1n) is 3.65. The maximum absolute atomic E-state index is 12.7. The van der Waals surface area contributed by atoms with Gasteiger partial charge in [-0.25, -0.2) is 4.39 Å². The van der Waals surface area contributed by atoms with E-state index < -0.39 is 5.82 Å². The molecule has 0 saturated carbocycles. The van der Waals surface area contributed by atoms with Crippen LogP contribution in [0.15, 0.2) is 18.2 Å². The van der Waals surface area contributed by atoms with E-state index in [-0.39, 0.29) is 11.6 Å². The minimum atomic E-state index is -0.447. The van der Waals surface area contributed by atoms with Gasteiger partial charge in [0.25, 0.3) is 0 Å². The summed E-state index contributed by atoms with van der Waals surface area (Å²) in [6.45, 7) is 1.74. The van der Waals surface area contributed by atoms with Gasteiger partial charge in [0.1, 0.15) is 12.1 Å². The van der Waals surface area contributed by atoms with Crippen LogP contribution in [0.3, 0.4) is 0 Å². The lowest BCUT2D eigenvalue weighted by Gasteiger charge is -2.04. The van der Waals surface area contributed by atoms with Crippen molar-refractivity contribution < 1.29 is 9.18 Å². The molecule has 2 nitrogen and oxygen atoms in total. The van der Waals surface area contributed by atoms with E-state index in [2.05, 4.69) is 0 Å². The third-order valence-corrected chi connectivity index (χ3v) is 1.75. The highest BCUT2D eigenvalue weighted by Crippen LogP contribution is 2.18. The molecule has 0 aliphatic rings. The molecule has 0 amide bonds. The van der Waals surface area contributed by atoms with Crippen LogP contribution >= 0.6 is 0 Å². The number of rotatable bonds is 2. The number of hydrogen-bond acceptors (Lipinski definition) is 2. The first kappa shape index (κ1) is 8.71. The molecule has 0 fully saturated rings. The van der Waals surface area contributed by atoms with Gasteiger partial charge in [-0.05, 0) is 17.7 Å². The first-order valence-corrected chi connectivity index (χ1v) is 3.65. The van der Waals surface area contributed by atoms with Crippen molar-refractivity contribution in [1.29, 1.82) is 0 Å². The van der Waals surface area contributed by atoms with E-state index in [4.69, 9.17) is 5.73 Å². The van der Waals surface area contributed by atoms with Crippen LogP contribution in [-0.2, 0) is 4.79 Å². The van der Waals surface area contributed by atoms with Gasteiger partial charge in [-0.3, -0.25) is 0 Å². The number of carbonyl (C=O) groups excluding carboxylic acids is 1. The molecule has 2 N–H and O–H groups in total. The summed E-state index contributed by atoms with van der Waals surface area (Å²) in [5, 5.41) is 0. The average molecular weight is 167 g/mol. The lowest BCUT2D eigenvalue weighted by Crippen LogP contribution is -1.97. The smallest absolute Gasteiger partial charge is 0.146 e. The molecule has 64 valence electrons. The molecule has 0 saturated heterocycles. The fraction of sp³-hybridized carbons (Fsp3) is 0.222. The predicted octanol–water partition coefficient (Wildman–Crippen LogP) is 1.71. The van der Waals surface area contributed by atoms with Crippen LogP contribution in [0.1, 0.15) is 18.4 Å². The zero-order chi connectivity index (χ0) is 9.14. The van der Waals surface area contributed by atoms with Gasteiger partial charge in [-0.1, -0.05) is 13.0 Å². The van der Waals surface area contributed by atoms with Crippen LogP contribution in [0.5, 0.6) is 0 Å². The lowest BCUT2D eigenvalue weighted by molar-refractivity contribution is -0.108. The molecule has 0 spiro atoms. The highest BCUT2D eigenvalue weighted by atomic mass is 19.1. The van der Waals surface area contributed by atoms with E-state index in [9.17, 15) is 9.18 Å². The molecular formula is C9H10FNO. The summed E-state index contributed by atoms with van der Waals surface area (Å²) in [4.78, 5) is 10.4. The number of nitrogen functional groups attached to an aromatic ring is 1. The fourth-order valence-corrected chi connectivity index (χ4v) is 0.924. The highest BCUT2D eigenvalue weighted by molar-refractivity contribution is 5.62. The van der Waals surface area contributed by atoms with Crippen LogP contribution in [0.2, 0.25) is 0 Å². The molecule has 1 aromatic carbocycles. The fourth-order valence-electron chi connectivity index (χ4n) is 0.924. The minimum Gasteiger partial charge on any atom is -0.396 e. The van der Waals surface area contributed by atoms with Crippen molar-refractivity contribution in [2.75, 3.05) is 5.73 Å². The van der Waals surface area contributed by atoms with Crippen molar-refractivity contribution in [2.24, 2.45) is 0 Å². The number of nitrogens with two attached hydrogens (primary N) is 1. The van der Waals surface area contributed by atoms with E-state index in [1.165, 1.54) is 12.1 Å². The quantitative estimate of drug-likeness (QED) is 0.538. The summed E-state index contributed by atoms with van der Waals surface area (Å²) >= 11 is 0. The van der Waals surface area contributed by atoms with E-state index in [1.54, 1.807) is 13.0 Å². The van der Waals surface area contributed by atoms with Crippen LogP contribution in [-0.4, -0.2) is 6.29 Å². The zero-order valence-electron chi connectivity index (χ0n) is 6.75. The standard InChI is InChI=1S/C9H10FNO/c1-6(5-12)7-2-3-8(10)9(11)4-7/h2-6H,11H2,1H3. The Bertz CT molecular complexity index is 299. The average Bonchev–Trinajstić information content (AvgIpc) is 2.08.